The van der Waals surface area contributed by atoms with Crippen molar-refractivity contribution in [2.75, 3.05) is 14.2 Å². The zero-order chi connectivity index (χ0) is 25.2. The number of halogens is 2. The van der Waals surface area contributed by atoms with E-state index in [0.29, 0.717) is 50.0 Å². The third-order valence-electron chi connectivity index (χ3n) is 5.70. The first-order chi connectivity index (χ1) is 17.5. The van der Waals surface area contributed by atoms with Gasteiger partial charge < -0.3 is 14.2 Å². The van der Waals surface area contributed by atoms with Crippen LogP contribution >= 0.6 is 11.6 Å². The average molecular weight is 503 g/mol. The number of hydrogen-bond acceptors (Lipinski definition) is 5. The molecule has 8 heteroatoms. The minimum Gasteiger partial charge on any atom is -0.493 e. The van der Waals surface area contributed by atoms with Gasteiger partial charge in [0.2, 0.25) is 0 Å². The van der Waals surface area contributed by atoms with Crippen LogP contribution in [0.5, 0.6) is 23.0 Å². The van der Waals surface area contributed by atoms with Gasteiger partial charge in [-0.1, -0.05) is 23.7 Å². The lowest BCUT2D eigenvalue weighted by atomic mass is 10.1. The van der Waals surface area contributed by atoms with Gasteiger partial charge in [-0.3, -0.25) is 14.3 Å². The molecular formula is C28H20ClFN2O4. The molecule has 3 aromatic carbocycles. The van der Waals surface area contributed by atoms with Crippen LogP contribution < -0.4 is 19.8 Å². The largest absolute Gasteiger partial charge is 0.493 e. The lowest BCUT2D eigenvalue weighted by Gasteiger charge is -2.13. The van der Waals surface area contributed by atoms with E-state index in [2.05, 4.69) is 4.98 Å². The summed E-state index contributed by atoms with van der Waals surface area (Å²) in [5, 5.41) is 1.14. The van der Waals surface area contributed by atoms with Crippen molar-refractivity contribution in [1.82, 2.24) is 9.55 Å². The van der Waals surface area contributed by atoms with E-state index in [-0.39, 0.29) is 11.3 Å². The topological polar surface area (TPSA) is 62.6 Å². The van der Waals surface area contributed by atoms with Crippen LogP contribution in [0.1, 0.15) is 0 Å². The lowest BCUT2D eigenvalue weighted by Crippen LogP contribution is -2.19. The molecule has 0 saturated carbocycles. The van der Waals surface area contributed by atoms with Gasteiger partial charge in [-0.15, -0.1) is 0 Å². The summed E-state index contributed by atoms with van der Waals surface area (Å²) >= 11 is 6.08. The predicted octanol–water partition coefficient (Wildman–Crippen LogP) is 6.65. The van der Waals surface area contributed by atoms with Crippen LogP contribution in [0.2, 0.25) is 5.02 Å². The zero-order valence-electron chi connectivity index (χ0n) is 19.4. The molecule has 5 aromatic rings. The number of hydrogen-bond donors (Lipinski definition) is 0. The molecule has 0 radical (unpaired) electrons. The Kier molecular flexibility index (Phi) is 6.31. The summed E-state index contributed by atoms with van der Waals surface area (Å²) in [7, 11) is 3.07. The molecule has 0 aliphatic heterocycles. The molecule has 5 rings (SSSR count). The van der Waals surface area contributed by atoms with Crippen molar-refractivity contribution in [1.29, 1.82) is 0 Å². The Morgan fingerprint density at radius 2 is 1.67 bits per heavy atom. The van der Waals surface area contributed by atoms with Crippen molar-refractivity contribution in [2.45, 2.75) is 0 Å². The summed E-state index contributed by atoms with van der Waals surface area (Å²) in [6.45, 7) is 0. The highest BCUT2D eigenvalue weighted by molar-refractivity contribution is 6.30. The van der Waals surface area contributed by atoms with Crippen molar-refractivity contribution >= 4 is 22.5 Å². The third-order valence-corrected chi connectivity index (χ3v) is 5.94. The highest BCUT2D eigenvalue weighted by atomic mass is 35.5. The minimum absolute atomic E-state index is 0.00660. The maximum Gasteiger partial charge on any atom is 0.262 e. The van der Waals surface area contributed by atoms with E-state index >= 15 is 4.39 Å². The van der Waals surface area contributed by atoms with Gasteiger partial charge in [0.25, 0.3) is 5.56 Å². The summed E-state index contributed by atoms with van der Waals surface area (Å²) in [4.78, 5) is 17.5. The molecule has 2 aromatic heterocycles. The Balaban J connectivity index is 1.51. The van der Waals surface area contributed by atoms with Crippen LogP contribution in [0.3, 0.4) is 0 Å². The van der Waals surface area contributed by atoms with Gasteiger partial charge in [-0.05, 0) is 60.2 Å². The van der Waals surface area contributed by atoms with E-state index < -0.39 is 5.82 Å². The second kappa shape index (κ2) is 9.71. The molecule has 0 bridgehead atoms. The molecule has 0 fully saturated rings. The molecule has 0 spiro atoms. The van der Waals surface area contributed by atoms with Crippen LogP contribution in [-0.4, -0.2) is 23.8 Å². The Hall–Kier alpha value is -4.36. The van der Waals surface area contributed by atoms with Crippen LogP contribution in [0.15, 0.2) is 90.0 Å². The second-order valence-corrected chi connectivity index (χ2v) is 8.29. The molecule has 0 atom stereocenters. The first-order valence-electron chi connectivity index (χ1n) is 10.9. The molecule has 6 nitrogen and oxygen atoms in total. The Morgan fingerprint density at radius 1 is 0.861 bits per heavy atom. The fraction of sp³-hybridized carbons (Fsp3) is 0.0714. The molecule has 0 saturated heterocycles. The first kappa shape index (κ1) is 23.4. The summed E-state index contributed by atoms with van der Waals surface area (Å²) < 4.78 is 33.3. The SMILES string of the molecule is COc1cc2nccc(Oc3ccc(-c4cccn(-c5cccc(Cl)c5)c4=O)cc3F)c2cc1OC. The van der Waals surface area contributed by atoms with Crippen molar-refractivity contribution < 1.29 is 18.6 Å². The van der Waals surface area contributed by atoms with Gasteiger partial charge in [-0.25, -0.2) is 4.39 Å². The molecule has 2 heterocycles. The smallest absolute Gasteiger partial charge is 0.262 e. The van der Waals surface area contributed by atoms with Crippen molar-refractivity contribution in [2.24, 2.45) is 0 Å². The standard InChI is InChI=1S/C28H20ClFN2O4/c1-34-26-15-21-23(16-27(26)35-2)31-11-10-24(21)36-25-9-8-17(13-22(25)30)20-7-4-12-32(28(20)33)19-6-3-5-18(29)14-19/h3-16H,1-2H3. The van der Waals surface area contributed by atoms with E-state index in [0.717, 1.165) is 0 Å². The number of benzene rings is 3. The zero-order valence-corrected chi connectivity index (χ0v) is 20.1. The van der Waals surface area contributed by atoms with Crippen molar-refractivity contribution in [3.8, 4) is 39.8 Å². The minimum atomic E-state index is -0.615. The quantitative estimate of drug-likeness (QED) is 0.260. The number of methoxy groups -OCH3 is 2. The van der Waals surface area contributed by atoms with Gasteiger partial charge in [0.15, 0.2) is 23.1 Å². The van der Waals surface area contributed by atoms with Crippen LogP contribution in [0.25, 0.3) is 27.7 Å². The maximum atomic E-state index is 15.2. The molecule has 0 N–H and O–H groups in total. The molecule has 0 amide bonds. The molecule has 180 valence electrons. The third kappa shape index (κ3) is 4.36. The fourth-order valence-electron chi connectivity index (χ4n) is 3.95. The predicted molar refractivity (Wildman–Crippen MR) is 137 cm³/mol. The number of nitrogens with zero attached hydrogens (tertiary/aromatic N) is 2. The molecule has 0 aliphatic carbocycles. The van der Waals surface area contributed by atoms with E-state index in [9.17, 15) is 4.79 Å². The van der Waals surface area contributed by atoms with E-state index in [1.54, 1.807) is 73.1 Å². The Morgan fingerprint density at radius 3 is 2.42 bits per heavy atom. The summed E-state index contributed by atoms with van der Waals surface area (Å²) in [5.74, 6) is 0.813. The van der Waals surface area contributed by atoms with Crippen LogP contribution in [-0.2, 0) is 0 Å². The normalized spacial score (nSPS) is 10.9. The van der Waals surface area contributed by atoms with Crippen molar-refractivity contribution in [3.63, 3.8) is 0 Å². The second-order valence-electron chi connectivity index (χ2n) is 7.86. The van der Waals surface area contributed by atoms with Crippen molar-refractivity contribution in [3.05, 3.63) is 106 Å². The molecule has 0 unspecified atom stereocenters. The number of aromatic nitrogens is 2. The van der Waals surface area contributed by atoms with Gasteiger partial charge >= 0.3 is 0 Å². The number of ether oxygens (including phenoxy) is 3. The highest BCUT2D eigenvalue weighted by Crippen LogP contribution is 2.37. The lowest BCUT2D eigenvalue weighted by molar-refractivity contribution is 0.355. The highest BCUT2D eigenvalue weighted by Gasteiger charge is 2.15. The van der Waals surface area contributed by atoms with Crippen LogP contribution in [0.4, 0.5) is 4.39 Å². The molecular weight excluding hydrogens is 483 g/mol. The van der Waals surface area contributed by atoms with Gasteiger partial charge in [0.05, 0.1) is 25.4 Å². The van der Waals surface area contributed by atoms with Gasteiger partial charge in [0, 0.05) is 34.4 Å². The molecule has 0 aliphatic rings. The number of fused-ring (bicyclic) bond motifs is 1. The monoisotopic (exact) mass is 502 g/mol. The van der Waals surface area contributed by atoms with E-state index in [1.165, 1.54) is 30.9 Å². The molecule has 36 heavy (non-hydrogen) atoms. The number of pyridine rings is 2. The Labute approximate surface area is 211 Å². The Bertz CT molecular complexity index is 1650. The summed E-state index contributed by atoms with van der Waals surface area (Å²) in [5.41, 5.74) is 1.69. The average Bonchev–Trinajstić information content (AvgIpc) is 2.89. The van der Waals surface area contributed by atoms with E-state index in [4.69, 9.17) is 25.8 Å². The summed E-state index contributed by atoms with van der Waals surface area (Å²) in [6.07, 6.45) is 3.21. The number of rotatable bonds is 6. The maximum absolute atomic E-state index is 15.2. The van der Waals surface area contributed by atoms with Gasteiger partial charge in [-0.2, -0.15) is 0 Å². The fourth-order valence-corrected chi connectivity index (χ4v) is 4.13. The van der Waals surface area contributed by atoms with Crippen LogP contribution in [0, 0.1) is 5.82 Å². The first-order valence-corrected chi connectivity index (χ1v) is 11.3. The summed E-state index contributed by atoms with van der Waals surface area (Å²) in [6, 6.07) is 19.8. The van der Waals surface area contributed by atoms with Gasteiger partial charge in [0.1, 0.15) is 5.75 Å². The van der Waals surface area contributed by atoms with E-state index in [1.807, 2.05) is 0 Å².